The number of likely N-dealkylation sites (tertiary alicyclic amines) is 1. The number of nitrogens with zero attached hydrogens (tertiary/aromatic N) is 5. The second-order valence-corrected chi connectivity index (χ2v) is 10.1. The van der Waals surface area contributed by atoms with Crippen LogP contribution in [0, 0.1) is 19.8 Å². The van der Waals surface area contributed by atoms with Gasteiger partial charge in [-0.15, -0.1) is 0 Å². The number of nitrogens with one attached hydrogen (secondary N) is 1. The van der Waals surface area contributed by atoms with E-state index in [1.165, 1.54) is 37.1 Å². The molecule has 1 saturated heterocycles. The summed E-state index contributed by atoms with van der Waals surface area (Å²) in [4.78, 5) is 7.19. The summed E-state index contributed by atoms with van der Waals surface area (Å²) in [5.74, 6) is 2.54. The molecule has 200 valence electrons. The number of hydrogen-bond donors (Lipinski definition) is 1. The topological polar surface area (TPSA) is 71.5 Å². The Kier molecular flexibility index (Phi) is 8.18. The lowest BCUT2D eigenvalue weighted by molar-refractivity contribution is 0.226. The molecule has 1 aliphatic rings. The normalized spacial score (nSPS) is 14.1. The molecule has 3 aromatic heterocycles. The molecule has 0 amide bonds. The second-order valence-electron chi connectivity index (χ2n) is 10.1. The first kappa shape index (κ1) is 26.4. The van der Waals surface area contributed by atoms with Crippen molar-refractivity contribution in [3.63, 3.8) is 0 Å². The molecule has 1 N–H and O–H groups in total. The standard InChI is InChI=1S/C20H25N5.C12H11NO/c1-15-5-3-4-6-17(15)18-13-20(25-19(23-18)7-10-22-25)21-14-16-8-11-24(2)12-9-16;1-3-11-9(2)14-13-12(11)10-7-5-4-6-8-10/h3-7,10,13,16,21H,8-9,11-12,14H2,1-2H3;3-8H,1H2,2H3. The number of aromatic nitrogens is 4. The second kappa shape index (κ2) is 12.1. The van der Waals surface area contributed by atoms with E-state index in [0.717, 1.165) is 52.2 Å². The highest BCUT2D eigenvalue weighted by Gasteiger charge is 2.17. The van der Waals surface area contributed by atoms with Crippen molar-refractivity contribution >= 4 is 17.5 Å². The fourth-order valence-electron chi connectivity index (χ4n) is 4.98. The van der Waals surface area contributed by atoms with Crippen molar-refractivity contribution in [2.24, 2.45) is 5.92 Å². The van der Waals surface area contributed by atoms with Gasteiger partial charge in [-0.05, 0) is 58.3 Å². The molecule has 0 saturated carbocycles. The monoisotopic (exact) mass is 520 g/mol. The Hall–Kier alpha value is -4.23. The zero-order chi connectivity index (χ0) is 27.2. The summed E-state index contributed by atoms with van der Waals surface area (Å²) >= 11 is 0. The van der Waals surface area contributed by atoms with Gasteiger partial charge in [-0.1, -0.05) is 72.4 Å². The van der Waals surface area contributed by atoms with Crippen LogP contribution in [0.15, 0.2) is 84.0 Å². The zero-order valence-corrected chi connectivity index (χ0v) is 23.0. The molecule has 2 aromatic carbocycles. The molecule has 5 aromatic rings. The third-order valence-corrected chi connectivity index (χ3v) is 7.35. The van der Waals surface area contributed by atoms with Crippen LogP contribution in [0.5, 0.6) is 0 Å². The predicted octanol–water partition coefficient (Wildman–Crippen LogP) is 6.75. The molecule has 0 radical (unpaired) electrons. The summed E-state index contributed by atoms with van der Waals surface area (Å²) in [6.07, 6.45) is 6.09. The van der Waals surface area contributed by atoms with Crippen molar-refractivity contribution in [1.29, 1.82) is 0 Å². The number of rotatable bonds is 6. The van der Waals surface area contributed by atoms with Gasteiger partial charge in [-0.2, -0.15) is 9.61 Å². The van der Waals surface area contributed by atoms with Crippen LogP contribution in [0.4, 0.5) is 5.82 Å². The van der Waals surface area contributed by atoms with Crippen molar-refractivity contribution < 1.29 is 4.52 Å². The molecule has 0 unspecified atom stereocenters. The minimum absolute atomic E-state index is 0.719. The molecular weight excluding hydrogens is 484 g/mol. The van der Waals surface area contributed by atoms with E-state index in [9.17, 15) is 0 Å². The molecular formula is C32H36N6O. The van der Waals surface area contributed by atoms with Gasteiger partial charge in [0.2, 0.25) is 0 Å². The molecule has 0 spiro atoms. The molecule has 0 aliphatic carbocycles. The zero-order valence-electron chi connectivity index (χ0n) is 23.0. The highest BCUT2D eigenvalue weighted by atomic mass is 16.5. The first-order valence-electron chi connectivity index (χ1n) is 13.5. The number of benzene rings is 2. The fourth-order valence-corrected chi connectivity index (χ4v) is 4.98. The molecule has 0 atom stereocenters. The van der Waals surface area contributed by atoms with Crippen LogP contribution < -0.4 is 5.32 Å². The van der Waals surface area contributed by atoms with Crippen LogP contribution in [0.2, 0.25) is 0 Å². The van der Waals surface area contributed by atoms with Crippen LogP contribution in [0.25, 0.3) is 34.2 Å². The number of hydrogen-bond acceptors (Lipinski definition) is 6. The molecule has 6 rings (SSSR count). The van der Waals surface area contributed by atoms with E-state index in [-0.39, 0.29) is 0 Å². The molecule has 1 aliphatic heterocycles. The first-order chi connectivity index (χ1) is 19.0. The van der Waals surface area contributed by atoms with E-state index in [0.29, 0.717) is 0 Å². The van der Waals surface area contributed by atoms with Gasteiger partial charge >= 0.3 is 0 Å². The van der Waals surface area contributed by atoms with E-state index in [2.05, 4.69) is 71.4 Å². The van der Waals surface area contributed by atoms with E-state index in [4.69, 9.17) is 9.51 Å². The quantitative estimate of drug-likeness (QED) is 0.267. The highest BCUT2D eigenvalue weighted by Crippen LogP contribution is 2.27. The van der Waals surface area contributed by atoms with Gasteiger partial charge < -0.3 is 14.7 Å². The minimum Gasteiger partial charge on any atom is -0.370 e. The Balaban J connectivity index is 0.000000186. The van der Waals surface area contributed by atoms with Gasteiger partial charge in [-0.3, -0.25) is 0 Å². The predicted molar refractivity (Wildman–Crippen MR) is 159 cm³/mol. The Morgan fingerprint density at radius 1 is 1.03 bits per heavy atom. The number of fused-ring (bicyclic) bond motifs is 1. The Morgan fingerprint density at radius 3 is 2.51 bits per heavy atom. The molecule has 7 heteroatoms. The molecule has 1 fully saturated rings. The number of anilines is 1. The van der Waals surface area contributed by atoms with Crippen LogP contribution in [-0.4, -0.2) is 51.3 Å². The maximum atomic E-state index is 5.12. The SMILES string of the molecule is C=Cc1c(-c2ccccc2)noc1C.Cc1ccccc1-c1cc(NCC2CCN(C)CC2)n2nccc2n1. The van der Waals surface area contributed by atoms with Crippen LogP contribution in [0.3, 0.4) is 0 Å². The molecule has 0 bridgehead atoms. The van der Waals surface area contributed by atoms with E-state index >= 15 is 0 Å². The van der Waals surface area contributed by atoms with Gasteiger partial charge in [0.1, 0.15) is 17.3 Å². The van der Waals surface area contributed by atoms with Gasteiger partial charge in [0.15, 0.2) is 5.65 Å². The molecule has 39 heavy (non-hydrogen) atoms. The number of aryl methyl sites for hydroxylation is 2. The maximum absolute atomic E-state index is 5.12. The maximum Gasteiger partial charge on any atom is 0.157 e. The first-order valence-corrected chi connectivity index (χ1v) is 13.5. The fraction of sp³-hybridized carbons (Fsp3) is 0.281. The van der Waals surface area contributed by atoms with Gasteiger partial charge in [-0.25, -0.2) is 4.98 Å². The van der Waals surface area contributed by atoms with Gasteiger partial charge in [0.05, 0.1) is 11.9 Å². The Morgan fingerprint density at radius 2 is 1.77 bits per heavy atom. The summed E-state index contributed by atoms with van der Waals surface area (Å²) in [5, 5.41) is 12.1. The summed E-state index contributed by atoms with van der Waals surface area (Å²) < 4.78 is 7.02. The van der Waals surface area contributed by atoms with Crippen molar-refractivity contribution in [3.8, 4) is 22.5 Å². The van der Waals surface area contributed by atoms with Crippen LogP contribution in [-0.2, 0) is 0 Å². The molecule has 7 nitrogen and oxygen atoms in total. The smallest absolute Gasteiger partial charge is 0.157 e. The number of piperidine rings is 1. The highest BCUT2D eigenvalue weighted by molar-refractivity contribution is 5.72. The van der Waals surface area contributed by atoms with Crippen molar-refractivity contribution in [1.82, 2.24) is 24.7 Å². The Bertz CT molecular complexity index is 1530. The van der Waals surface area contributed by atoms with E-state index in [1.54, 1.807) is 6.08 Å². The van der Waals surface area contributed by atoms with Crippen LogP contribution in [0.1, 0.15) is 29.7 Å². The van der Waals surface area contributed by atoms with E-state index in [1.807, 2.05) is 54.0 Å². The van der Waals surface area contributed by atoms with Gasteiger partial charge in [0, 0.05) is 35.4 Å². The van der Waals surface area contributed by atoms with E-state index < -0.39 is 0 Å². The van der Waals surface area contributed by atoms with Crippen LogP contribution >= 0.6 is 0 Å². The average molecular weight is 521 g/mol. The average Bonchev–Trinajstić information content (AvgIpc) is 3.60. The Labute approximate surface area is 230 Å². The lowest BCUT2D eigenvalue weighted by Gasteiger charge is -2.29. The van der Waals surface area contributed by atoms with Gasteiger partial charge in [0.25, 0.3) is 0 Å². The lowest BCUT2D eigenvalue weighted by atomic mass is 9.97. The van der Waals surface area contributed by atoms with Crippen molar-refractivity contribution in [2.45, 2.75) is 26.7 Å². The third kappa shape index (κ3) is 6.10. The third-order valence-electron chi connectivity index (χ3n) is 7.35. The van der Waals surface area contributed by atoms with Crippen molar-refractivity contribution in [3.05, 3.63) is 96.4 Å². The summed E-state index contributed by atoms with van der Waals surface area (Å²) in [6, 6.07) is 22.4. The lowest BCUT2D eigenvalue weighted by Crippen LogP contribution is -2.33. The minimum atomic E-state index is 0.719. The summed E-state index contributed by atoms with van der Waals surface area (Å²) in [6.45, 7) is 11.1. The summed E-state index contributed by atoms with van der Waals surface area (Å²) in [7, 11) is 2.20. The van der Waals surface area contributed by atoms with Crippen molar-refractivity contribution in [2.75, 3.05) is 32.0 Å². The molecule has 4 heterocycles. The largest absolute Gasteiger partial charge is 0.370 e. The summed E-state index contributed by atoms with van der Waals surface area (Å²) in [5.41, 5.74) is 7.17.